The molecule has 1 aliphatic heterocycles. The van der Waals surface area contributed by atoms with Crippen LogP contribution in [0.1, 0.15) is 57.1 Å². The number of hydrogen-bond donors (Lipinski definition) is 1. The van der Waals surface area contributed by atoms with Crippen molar-refractivity contribution in [3.63, 3.8) is 0 Å². The number of aliphatic hydroxyl groups is 1. The Morgan fingerprint density at radius 2 is 1.89 bits per heavy atom. The van der Waals surface area contributed by atoms with Crippen LogP contribution < -0.4 is 0 Å². The van der Waals surface area contributed by atoms with Gasteiger partial charge in [0.2, 0.25) is 11.8 Å². The van der Waals surface area contributed by atoms with Gasteiger partial charge in [0.05, 0.1) is 18.7 Å². The van der Waals surface area contributed by atoms with Crippen LogP contribution in [0.5, 0.6) is 0 Å². The molecule has 0 bridgehead atoms. The number of benzene rings is 1. The Bertz CT molecular complexity index is 724. The van der Waals surface area contributed by atoms with Gasteiger partial charge in [0.25, 0.3) is 0 Å². The van der Waals surface area contributed by atoms with Crippen molar-refractivity contribution in [1.82, 2.24) is 9.80 Å². The first kappa shape index (κ1) is 20.6. The highest BCUT2D eigenvalue weighted by Crippen LogP contribution is 2.41. The Kier molecular flexibility index (Phi) is 6.55. The molecular formula is C23H32N2O3. The van der Waals surface area contributed by atoms with Gasteiger partial charge in [0.1, 0.15) is 0 Å². The van der Waals surface area contributed by atoms with Crippen molar-refractivity contribution < 1.29 is 14.7 Å². The molecule has 28 heavy (non-hydrogen) atoms. The highest BCUT2D eigenvalue weighted by atomic mass is 16.3. The van der Waals surface area contributed by atoms with Crippen LogP contribution in [-0.4, -0.2) is 58.5 Å². The molecule has 1 aromatic rings. The van der Waals surface area contributed by atoms with E-state index in [4.69, 9.17) is 0 Å². The Hall–Kier alpha value is -2.14. The number of allylic oxidation sites excluding steroid dienone is 1. The van der Waals surface area contributed by atoms with Gasteiger partial charge in [0.15, 0.2) is 0 Å². The number of carbonyl (C=O) groups excluding carboxylic acids is 2. The lowest BCUT2D eigenvalue weighted by Crippen LogP contribution is -2.68. The zero-order chi connectivity index (χ0) is 20.3. The quantitative estimate of drug-likeness (QED) is 0.749. The lowest BCUT2D eigenvalue weighted by molar-refractivity contribution is -0.152. The zero-order valence-corrected chi connectivity index (χ0v) is 17.2. The second-order valence-corrected chi connectivity index (χ2v) is 8.02. The van der Waals surface area contributed by atoms with Crippen molar-refractivity contribution in [1.29, 1.82) is 0 Å². The van der Waals surface area contributed by atoms with E-state index in [-0.39, 0.29) is 36.4 Å². The second-order valence-electron chi connectivity index (χ2n) is 8.02. The molecule has 1 aromatic carbocycles. The molecule has 1 saturated carbocycles. The third-order valence-corrected chi connectivity index (χ3v) is 6.08. The fraction of sp³-hybridized carbons (Fsp3) is 0.565. The van der Waals surface area contributed by atoms with Crippen LogP contribution in [-0.2, 0) is 9.59 Å². The number of rotatable bonds is 8. The summed E-state index contributed by atoms with van der Waals surface area (Å²) in [4.78, 5) is 28.5. The highest BCUT2D eigenvalue weighted by molar-refractivity contribution is 5.78. The number of hydrogen-bond acceptors (Lipinski definition) is 3. The Balaban J connectivity index is 1.80. The molecule has 2 aliphatic rings. The Morgan fingerprint density at radius 1 is 1.21 bits per heavy atom. The SMILES string of the molecule is C/C=C/c1ccc([C@H]2[C@@H](CO)N(C(C)=O)[C@@H]2CN(CC)C(=O)CC2CC2)cc1. The summed E-state index contributed by atoms with van der Waals surface area (Å²) in [5.41, 5.74) is 2.24. The van der Waals surface area contributed by atoms with Crippen LogP contribution >= 0.6 is 0 Å². The van der Waals surface area contributed by atoms with Gasteiger partial charge >= 0.3 is 0 Å². The van der Waals surface area contributed by atoms with Crippen LogP contribution in [0.3, 0.4) is 0 Å². The Labute approximate surface area is 168 Å². The van der Waals surface area contributed by atoms with Crippen LogP contribution in [0.15, 0.2) is 30.3 Å². The van der Waals surface area contributed by atoms with Gasteiger partial charge in [-0.05, 0) is 43.7 Å². The summed E-state index contributed by atoms with van der Waals surface area (Å²) in [6, 6.07) is 7.96. The van der Waals surface area contributed by atoms with Crippen LogP contribution in [0.25, 0.3) is 6.08 Å². The van der Waals surface area contributed by atoms with E-state index in [0.717, 1.165) is 24.0 Å². The number of likely N-dealkylation sites (N-methyl/N-ethyl adjacent to an activating group) is 1. The van der Waals surface area contributed by atoms with E-state index in [9.17, 15) is 14.7 Å². The summed E-state index contributed by atoms with van der Waals surface area (Å²) in [6.45, 7) is 6.62. The van der Waals surface area contributed by atoms with Crippen molar-refractivity contribution >= 4 is 17.9 Å². The predicted molar refractivity (Wildman–Crippen MR) is 111 cm³/mol. The van der Waals surface area contributed by atoms with Crippen molar-refractivity contribution in [3.05, 3.63) is 41.5 Å². The van der Waals surface area contributed by atoms with E-state index in [1.54, 1.807) is 11.8 Å². The lowest BCUT2D eigenvalue weighted by Gasteiger charge is -2.55. The monoisotopic (exact) mass is 384 g/mol. The molecule has 2 amide bonds. The predicted octanol–water partition coefficient (Wildman–Crippen LogP) is 3.04. The van der Waals surface area contributed by atoms with Gasteiger partial charge in [0, 0.05) is 32.4 Å². The van der Waals surface area contributed by atoms with Gasteiger partial charge in [-0.25, -0.2) is 0 Å². The number of aliphatic hydroxyl groups excluding tert-OH is 1. The van der Waals surface area contributed by atoms with Gasteiger partial charge in [-0.1, -0.05) is 36.4 Å². The smallest absolute Gasteiger partial charge is 0.222 e. The molecule has 3 atom stereocenters. The first-order valence-corrected chi connectivity index (χ1v) is 10.4. The second kappa shape index (κ2) is 8.91. The number of likely N-dealkylation sites (tertiary alicyclic amines) is 1. The summed E-state index contributed by atoms with van der Waals surface area (Å²) in [7, 11) is 0. The van der Waals surface area contributed by atoms with Gasteiger partial charge in [-0.15, -0.1) is 0 Å². The summed E-state index contributed by atoms with van der Waals surface area (Å²) in [5, 5.41) is 9.94. The first-order valence-electron chi connectivity index (χ1n) is 10.4. The first-order chi connectivity index (χ1) is 13.5. The standard InChI is InChI=1S/C23H32N2O3/c1-4-6-17-9-11-19(12-10-17)23-20(25(16(3)27)21(23)15-26)14-24(5-2)22(28)13-18-7-8-18/h4,6,9-12,18,20-21,23,26H,5,7-8,13-15H2,1-3H3/b6-4+/t20-,21-,23-/m1/s1. The number of carbonyl (C=O) groups is 2. The van der Waals surface area contributed by atoms with Crippen molar-refractivity contribution in [3.8, 4) is 0 Å². The molecule has 5 heteroatoms. The van der Waals surface area contributed by atoms with E-state index >= 15 is 0 Å². The van der Waals surface area contributed by atoms with E-state index in [0.29, 0.717) is 25.4 Å². The molecular weight excluding hydrogens is 352 g/mol. The molecule has 1 N–H and O–H groups in total. The summed E-state index contributed by atoms with van der Waals surface area (Å²) < 4.78 is 0. The molecule has 1 aliphatic carbocycles. The van der Waals surface area contributed by atoms with Crippen LogP contribution in [0.4, 0.5) is 0 Å². The van der Waals surface area contributed by atoms with Crippen molar-refractivity contribution in [2.75, 3.05) is 19.7 Å². The molecule has 1 heterocycles. The molecule has 5 nitrogen and oxygen atoms in total. The lowest BCUT2D eigenvalue weighted by atomic mass is 9.74. The normalized spacial score (nSPS) is 24.3. The maximum atomic E-state index is 12.7. The van der Waals surface area contributed by atoms with Gasteiger partial charge in [-0.2, -0.15) is 0 Å². The number of amides is 2. The average molecular weight is 385 g/mol. The maximum Gasteiger partial charge on any atom is 0.222 e. The van der Waals surface area contributed by atoms with Crippen molar-refractivity contribution in [2.45, 2.75) is 58.0 Å². The molecule has 0 radical (unpaired) electrons. The zero-order valence-electron chi connectivity index (χ0n) is 17.2. The van der Waals surface area contributed by atoms with E-state index in [1.807, 2.05) is 30.9 Å². The third-order valence-electron chi connectivity index (χ3n) is 6.08. The molecule has 3 rings (SSSR count). The molecule has 0 aromatic heterocycles. The molecule has 0 unspecified atom stereocenters. The minimum Gasteiger partial charge on any atom is -0.394 e. The summed E-state index contributed by atoms with van der Waals surface area (Å²) in [6.07, 6.45) is 6.97. The molecule has 2 fully saturated rings. The minimum absolute atomic E-state index is 0.0383. The van der Waals surface area contributed by atoms with E-state index in [2.05, 4.69) is 24.3 Å². The molecule has 152 valence electrons. The topological polar surface area (TPSA) is 60.9 Å². The maximum absolute atomic E-state index is 12.7. The molecule has 0 spiro atoms. The average Bonchev–Trinajstić information content (AvgIpc) is 3.46. The van der Waals surface area contributed by atoms with Crippen LogP contribution in [0, 0.1) is 5.92 Å². The summed E-state index contributed by atoms with van der Waals surface area (Å²) >= 11 is 0. The van der Waals surface area contributed by atoms with Gasteiger partial charge in [-0.3, -0.25) is 9.59 Å². The fourth-order valence-corrected chi connectivity index (χ4v) is 4.41. The number of nitrogens with zero attached hydrogens (tertiary/aromatic N) is 2. The molecule has 1 saturated heterocycles. The third kappa shape index (κ3) is 4.30. The summed E-state index contributed by atoms with van der Waals surface area (Å²) in [5.74, 6) is 0.725. The highest BCUT2D eigenvalue weighted by Gasteiger charge is 2.50. The fourth-order valence-electron chi connectivity index (χ4n) is 4.41. The van der Waals surface area contributed by atoms with E-state index < -0.39 is 0 Å². The van der Waals surface area contributed by atoms with E-state index in [1.165, 1.54) is 0 Å². The Morgan fingerprint density at radius 3 is 2.39 bits per heavy atom. The van der Waals surface area contributed by atoms with Crippen LogP contribution in [0.2, 0.25) is 0 Å². The largest absolute Gasteiger partial charge is 0.394 e. The minimum atomic E-state index is -0.229. The van der Waals surface area contributed by atoms with Crippen molar-refractivity contribution in [2.24, 2.45) is 5.92 Å². The van der Waals surface area contributed by atoms with Gasteiger partial charge < -0.3 is 14.9 Å².